The Labute approximate surface area is 255 Å². The smallest absolute Gasteiger partial charge is 0.324 e. The van der Waals surface area contributed by atoms with Crippen LogP contribution in [0.2, 0.25) is 0 Å². The van der Waals surface area contributed by atoms with E-state index in [-0.39, 0.29) is 5.41 Å². The van der Waals surface area contributed by atoms with Gasteiger partial charge in [0, 0.05) is 53.2 Å². The Kier molecular flexibility index (Phi) is 9.32. The Morgan fingerprint density at radius 3 is 2.60 bits per heavy atom. The molecule has 0 saturated carbocycles. The summed E-state index contributed by atoms with van der Waals surface area (Å²) in [6.45, 7) is 8.34. The van der Waals surface area contributed by atoms with Crippen molar-refractivity contribution in [2.75, 3.05) is 55.5 Å². The van der Waals surface area contributed by atoms with Crippen LogP contribution in [0.1, 0.15) is 26.5 Å². The third-order valence-corrected chi connectivity index (χ3v) is 9.50. The number of amides is 2. The number of benzene rings is 2. The van der Waals surface area contributed by atoms with Gasteiger partial charge in [-0.3, -0.25) is 19.3 Å². The van der Waals surface area contributed by atoms with Crippen LogP contribution < -0.4 is 20.1 Å². The van der Waals surface area contributed by atoms with Gasteiger partial charge >= 0.3 is 6.03 Å². The number of rotatable bonds is 9. The monoisotopic (exact) mass is 628 g/mol. The molecule has 1 aliphatic rings. The molecule has 1 aliphatic heterocycles. The second-order valence-electron chi connectivity index (χ2n) is 11.1. The molecule has 230 valence electrons. The largest absolute Gasteiger partial charge is 0.493 e. The highest BCUT2D eigenvalue weighted by Gasteiger charge is 2.23. The van der Waals surface area contributed by atoms with Gasteiger partial charge in [0.05, 0.1) is 24.1 Å². The van der Waals surface area contributed by atoms with Crippen molar-refractivity contribution in [3.8, 4) is 11.5 Å². The van der Waals surface area contributed by atoms with Crippen LogP contribution in [0, 0.1) is 0 Å². The summed E-state index contributed by atoms with van der Waals surface area (Å²) in [7, 11) is -0.848. The molecule has 4 aromatic rings. The first-order chi connectivity index (χ1) is 20.5. The van der Waals surface area contributed by atoms with Crippen LogP contribution >= 0.6 is 22.4 Å². The van der Waals surface area contributed by atoms with Gasteiger partial charge in [0.25, 0.3) is 0 Å². The first-order valence-corrected chi connectivity index (χ1v) is 16.4. The molecule has 0 aliphatic carbocycles. The summed E-state index contributed by atoms with van der Waals surface area (Å²) in [5.41, 5.74) is 1.09. The van der Waals surface area contributed by atoms with Gasteiger partial charge in [-0.15, -0.1) is 0 Å². The van der Waals surface area contributed by atoms with Crippen LogP contribution in [0.4, 0.5) is 16.3 Å². The first kappa shape index (κ1) is 30.9. The first-order valence-electron chi connectivity index (χ1n) is 13.7. The topological polar surface area (TPSA) is 155 Å². The molecule has 12 nitrogen and oxygen atoms in total. The average Bonchev–Trinajstić information content (AvgIpc) is 3.43. The maximum Gasteiger partial charge on any atom is 0.324 e. The highest BCUT2D eigenvalue weighted by atomic mass is 32.3. The summed E-state index contributed by atoms with van der Waals surface area (Å²) in [6, 6.07) is 12.4. The highest BCUT2D eigenvalue weighted by molar-refractivity contribution is 8.24. The lowest BCUT2D eigenvalue weighted by atomic mass is 9.93. The number of hydrogen-bond donors (Lipinski definition) is 4. The Bertz CT molecular complexity index is 1580. The summed E-state index contributed by atoms with van der Waals surface area (Å²) in [4.78, 5) is 24.6. The molecular formula is C29H36N6O6S2. The number of anilines is 2. The minimum absolute atomic E-state index is 0.220. The van der Waals surface area contributed by atoms with Crippen molar-refractivity contribution in [1.82, 2.24) is 20.0 Å². The third-order valence-electron chi connectivity index (χ3n) is 6.82. The lowest BCUT2D eigenvalue weighted by Gasteiger charge is -2.40. The van der Waals surface area contributed by atoms with E-state index in [0.29, 0.717) is 72.0 Å². The molecule has 0 atom stereocenters. The number of urea groups is 1. The number of ether oxygens (including phenoxy) is 2. The van der Waals surface area contributed by atoms with Gasteiger partial charge in [-0.05, 0) is 24.3 Å². The van der Waals surface area contributed by atoms with Crippen molar-refractivity contribution in [2.24, 2.45) is 0 Å². The molecule has 0 unspecified atom stereocenters. The maximum atomic E-state index is 12.6. The summed E-state index contributed by atoms with van der Waals surface area (Å²) in [5, 5.41) is 11.0. The minimum atomic E-state index is -2.43. The minimum Gasteiger partial charge on any atom is -0.493 e. The molecule has 2 amide bonds. The number of carbonyl (C=O) groups is 1. The molecule has 1 saturated heterocycles. The number of fused-ring (bicyclic) bond motifs is 1. The molecule has 3 heterocycles. The quantitative estimate of drug-likeness (QED) is 0.157. The van der Waals surface area contributed by atoms with Crippen LogP contribution in [0.25, 0.3) is 10.9 Å². The van der Waals surface area contributed by atoms with E-state index in [9.17, 15) is 13.9 Å². The fraction of sp³-hybridized carbons (Fsp3) is 0.379. The fourth-order valence-corrected chi connectivity index (χ4v) is 6.62. The second kappa shape index (κ2) is 13.0. The standard InChI is InChI=1S/C29H36N6O6S2/c1-29(2,3)25-17-26(34-41-25)33-28(36)32-19-6-5-7-20(14-19)42-27-21-15-24(23(39-4)16-22(21)30-18-31-27)40-11-8-35-9-12-43(37,38)13-10-35/h5-7,14-18,37-38H,8-13H2,1-4H3,(H2,32,33,34,36). The van der Waals surface area contributed by atoms with Crippen LogP contribution in [0.15, 0.2) is 63.2 Å². The van der Waals surface area contributed by atoms with Crippen molar-refractivity contribution in [3.05, 3.63) is 54.6 Å². The van der Waals surface area contributed by atoms with Crippen molar-refractivity contribution >= 4 is 50.8 Å². The zero-order chi connectivity index (χ0) is 30.6. The van der Waals surface area contributed by atoms with E-state index in [0.717, 1.165) is 15.3 Å². The van der Waals surface area contributed by atoms with E-state index in [1.807, 2.05) is 51.1 Å². The summed E-state index contributed by atoms with van der Waals surface area (Å²) in [5.74, 6) is 2.94. The molecular weight excluding hydrogens is 592 g/mol. The zero-order valence-corrected chi connectivity index (χ0v) is 26.1. The lowest BCUT2D eigenvalue weighted by molar-refractivity contribution is 0.211. The van der Waals surface area contributed by atoms with Crippen molar-refractivity contribution in [2.45, 2.75) is 36.1 Å². The fourth-order valence-electron chi connectivity index (χ4n) is 4.38. The van der Waals surface area contributed by atoms with E-state index in [4.69, 9.17) is 14.0 Å². The Morgan fingerprint density at radius 1 is 1.09 bits per heavy atom. The van der Waals surface area contributed by atoms with Crippen LogP contribution in [-0.4, -0.2) is 80.0 Å². The molecule has 43 heavy (non-hydrogen) atoms. The van der Waals surface area contributed by atoms with Gasteiger partial charge < -0.3 is 19.3 Å². The predicted octanol–water partition coefficient (Wildman–Crippen LogP) is 6.16. The summed E-state index contributed by atoms with van der Waals surface area (Å²) >= 11 is 1.44. The van der Waals surface area contributed by atoms with Gasteiger partial charge in [0.1, 0.15) is 23.7 Å². The Balaban J connectivity index is 1.26. The van der Waals surface area contributed by atoms with Gasteiger partial charge in [-0.25, -0.2) is 14.8 Å². The Morgan fingerprint density at radius 2 is 1.88 bits per heavy atom. The van der Waals surface area contributed by atoms with E-state index < -0.39 is 16.6 Å². The van der Waals surface area contributed by atoms with E-state index in [1.54, 1.807) is 19.2 Å². The average molecular weight is 629 g/mol. The molecule has 2 aromatic carbocycles. The summed E-state index contributed by atoms with van der Waals surface area (Å²) < 4.78 is 36.7. The molecule has 0 spiro atoms. The lowest BCUT2D eigenvalue weighted by Crippen LogP contribution is -2.40. The SMILES string of the molecule is COc1cc2ncnc(Sc3cccc(NC(=O)Nc4cc(C(C)(C)C)on4)c3)c2cc1OCCN1CCS(O)(O)CC1. The second-order valence-corrected chi connectivity index (χ2v) is 14.6. The highest BCUT2D eigenvalue weighted by Crippen LogP contribution is 2.40. The zero-order valence-electron chi connectivity index (χ0n) is 24.5. The molecule has 14 heteroatoms. The number of carbonyl (C=O) groups excluding carboxylic acids is 1. The molecule has 0 bridgehead atoms. The molecule has 4 N–H and O–H groups in total. The van der Waals surface area contributed by atoms with Crippen LogP contribution in [0.3, 0.4) is 0 Å². The van der Waals surface area contributed by atoms with Crippen LogP contribution in [0.5, 0.6) is 11.5 Å². The van der Waals surface area contributed by atoms with E-state index in [1.165, 1.54) is 18.1 Å². The van der Waals surface area contributed by atoms with Gasteiger partial charge in [-0.2, -0.15) is 10.6 Å². The van der Waals surface area contributed by atoms with Gasteiger partial charge in [0.2, 0.25) is 0 Å². The van der Waals surface area contributed by atoms with Crippen molar-refractivity contribution < 1.29 is 27.9 Å². The van der Waals surface area contributed by atoms with E-state index in [2.05, 4.69) is 30.7 Å². The van der Waals surface area contributed by atoms with Crippen molar-refractivity contribution in [3.63, 3.8) is 0 Å². The van der Waals surface area contributed by atoms with Crippen molar-refractivity contribution in [1.29, 1.82) is 0 Å². The molecule has 0 radical (unpaired) electrons. The molecule has 2 aromatic heterocycles. The number of nitrogens with zero attached hydrogens (tertiary/aromatic N) is 4. The normalized spacial score (nSPS) is 16.0. The maximum absolute atomic E-state index is 12.6. The van der Waals surface area contributed by atoms with Gasteiger partial charge in [0.15, 0.2) is 17.3 Å². The number of hydrogen-bond acceptors (Lipinski definition) is 11. The molecule has 1 fully saturated rings. The number of nitrogens with one attached hydrogen (secondary N) is 2. The Hall–Kier alpha value is -3.56. The van der Waals surface area contributed by atoms with E-state index >= 15 is 0 Å². The van der Waals surface area contributed by atoms with Gasteiger partial charge in [-0.1, -0.05) is 43.8 Å². The predicted molar refractivity (Wildman–Crippen MR) is 169 cm³/mol. The third kappa shape index (κ3) is 8.09. The van der Waals surface area contributed by atoms with Crippen LogP contribution in [-0.2, 0) is 5.41 Å². The molecule has 5 rings (SSSR count). The summed E-state index contributed by atoms with van der Waals surface area (Å²) in [6.07, 6.45) is 1.50. The number of methoxy groups -OCH3 is 1. The number of aromatic nitrogens is 3.